The van der Waals surface area contributed by atoms with Gasteiger partial charge in [-0.2, -0.15) is 0 Å². The fourth-order valence-corrected chi connectivity index (χ4v) is 1.25. The first-order valence-electron chi connectivity index (χ1n) is 4.03. The van der Waals surface area contributed by atoms with E-state index in [0.717, 1.165) is 13.1 Å². The molecule has 1 aliphatic carbocycles. The van der Waals surface area contributed by atoms with Crippen LogP contribution in [0.25, 0.3) is 0 Å². The van der Waals surface area contributed by atoms with Crippen molar-refractivity contribution in [3.8, 4) is 0 Å². The van der Waals surface area contributed by atoms with Crippen LogP contribution in [-0.2, 0) is 0 Å². The topological polar surface area (TPSA) is 38.0 Å². The number of nitrogens with two attached hydrogens (primary N) is 1. The molecule has 3 N–H and O–H groups in total. The van der Waals surface area contributed by atoms with Gasteiger partial charge in [-0.05, 0) is 19.3 Å². The first-order valence-corrected chi connectivity index (χ1v) is 4.03. The van der Waals surface area contributed by atoms with Crippen molar-refractivity contribution >= 4 is 0 Å². The Morgan fingerprint density at radius 3 is 3.10 bits per heavy atom. The summed E-state index contributed by atoms with van der Waals surface area (Å²) in [5.41, 5.74) is 5.36. The van der Waals surface area contributed by atoms with Gasteiger partial charge in [0.05, 0.1) is 0 Å². The summed E-state index contributed by atoms with van der Waals surface area (Å²) in [7, 11) is 0. The minimum atomic E-state index is 0.595. The number of hydrogen-bond donors (Lipinski definition) is 2. The quantitative estimate of drug-likeness (QED) is 0.565. The van der Waals surface area contributed by atoms with E-state index in [1.165, 1.54) is 19.3 Å². The molecule has 2 nitrogen and oxygen atoms in total. The summed E-state index contributed by atoms with van der Waals surface area (Å²) in [4.78, 5) is 0. The molecule has 10 heavy (non-hydrogen) atoms. The Morgan fingerprint density at radius 1 is 1.60 bits per heavy atom. The van der Waals surface area contributed by atoms with E-state index in [-0.39, 0.29) is 0 Å². The van der Waals surface area contributed by atoms with Gasteiger partial charge in [0.1, 0.15) is 0 Å². The van der Waals surface area contributed by atoms with Crippen LogP contribution in [0, 0.1) is 0 Å². The Kier molecular flexibility index (Phi) is 3.47. The molecule has 0 heterocycles. The van der Waals surface area contributed by atoms with Gasteiger partial charge in [-0.1, -0.05) is 12.2 Å². The summed E-state index contributed by atoms with van der Waals surface area (Å²) >= 11 is 0. The molecule has 0 bridgehead atoms. The fraction of sp³-hybridized carbons (Fsp3) is 0.750. The zero-order chi connectivity index (χ0) is 7.23. The largest absolute Gasteiger partial charge is 0.329 e. The van der Waals surface area contributed by atoms with Crippen LogP contribution < -0.4 is 11.1 Å². The minimum absolute atomic E-state index is 0.595. The Hall–Kier alpha value is -0.340. The van der Waals surface area contributed by atoms with Crippen LogP contribution in [0.2, 0.25) is 0 Å². The Bertz CT molecular complexity index is 110. The molecule has 0 saturated heterocycles. The van der Waals surface area contributed by atoms with Gasteiger partial charge >= 0.3 is 0 Å². The standard InChI is InChI=1S/C8H16N2/c9-6-7-10-8-4-2-1-3-5-8/h2,4,8,10H,1,3,5-7,9H2. The third kappa shape index (κ3) is 2.50. The third-order valence-corrected chi connectivity index (χ3v) is 1.81. The summed E-state index contributed by atoms with van der Waals surface area (Å²) < 4.78 is 0. The van der Waals surface area contributed by atoms with Gasteiger partial charge in [0.2, 0.25) is 0 Å². The Morgan fingerprint density at radius 2 is 2.50 bits per heavy atom. The predicted octanol–water partition coefficient (Wildman–Crippen LogP) is 0.643. The van der Waals surface area contributed by atoms with E-state index < -0.39 is 0 Å². The zero-order valence-electron chi connectivity index (χ0n) is 6.34. The smallest absolute Gasteiger partial charge is 0.0250 e. The van der Waals surface area contributed by atoms with E-state index in [1.54, 1.807) is 0 Å². The van der Waals surface area contributed by atoms with Crippen LogP contribution in [-0.4, -0.2) is 19.1 Å². The monoisotopic (exact) mass is 140 g/mol. The van der Waals surface area contributed by atoms with Crippen molar-refractivity contribution in [2.45, 2.75) is 25.3 Å². The molecule has 0 fully saturated rings. The molecule has 1 atom stereocenters. The average molecular weight is 140 g/mol. The predicted molar refractivity (Wildman–Crippen MR) is 43.8 cm³/mol. The maximum absolute atomic E-state index is 5.36. The summed E-state index contributed by atoms with van der Waals surface area (Å²) in [6.07, 6.45) is 8.34. The maximum Gasteiger partial charge on any atom is 0.0250 e. The third-order valence-electron chi connectivity index (χ3n) is 1.81. The lowest BCUT2D eigenvalue weighted by Gasteiger charge is -2.16. The van der Waals surface area contributed by atoms with Crippen LogP contribution in [0.3, 0.4) is 0 Å². The van der Waals surface area contributed by atoms with Crippen molar-refractivity contribution in [3.05, 3.63) is 12.2 Å². The molecule has 2 heteroatoms. The van der Waals surface area contributed by atoms with Gasteiger partial charge < -0.3 is 11.1 Å². The van der Waals surface area contributed by atoms with E-state index in [4.69, 9.17) is 5.73 Å². The first kappa shape index (κ1) is 7.76. The van der Waals surface area contributed by atoms with Crippen molar-refractivity contribution in [2.24, 2.45) is 5.73 Å². The highest BCUT2D eigenvalue weighted by atomic mass is 14.9. The lowest BCUT2D eigenvalue weighted by Crippen LogP contribution is -2.32. The molecule has 0 aromatic rings. The highest BCUT2D eigenvalue weighted by Gasteiger charge is 2.05. The van der Waals surface area contributed by atoms with E-state index in [1.807, 2.05) is 0 Å². The van der Waals surface area contributed by atoms with Crippen LogP contribution >= 0.6 is 0 Å². The lowest BCUT2D eigenvalue weighted by molar-refractivity contribution is 0.529. The Balaban J connectivity index is 2.13. The van der Waals surface area contributed by atoms with Crippen molar-refractivity contribution in [1.29, 1.82) is 0 Å². The van der Waals surface area contributed by atoms with Crippen molar-refractivity contribution < 1.29 is 0 Å². The summed E-state index contributed by atoms with van der Waals surface area (Å²) in [5, 5.41) is 3.36. The van der Waals surface area contributed by atoms with Gasteiger partial charge in [0, 0.05) is 19.1 Å². The maximum atomic E-state index is 5.36. The highest BCUT2D eigenvalue weighted by Crippen LogP contribution is 2.09. The Labute approximate surface area is 62.5 Å². The number of allylic oxidation sites excluding steroid dienone is 1. The van der Waals surface area contributed by atoms with Crippen LogP contribution in [0.1, 0.15) is 19.3 Å². The van der Waals surface area contributed by atoms with E-state index >= 15 is 0 Å². The molecule has 58 valence electrons. The molecule has 0 amide bonds. The summed E-state index contributed by atoms with van der Waals surface area (Å²) in [6, 6.07) is 0.595. The van der Waals surface area contributed by atoms with Gasteiger partial charge in [0.15, 0.2) is 0 Å². The van der Waals surface area contributed by atoms with Crippen molar-refractivity contribution in [3.63, 3.8) is 0 Å². The molecular weight excluding hydrogens is 124 g/mol. The second kappa shape index (κ2) is 4.47. The molecule has 1 rings (SSSR count). The van der Waals surface area contributed by atoms with Gasteiger partial charge in [-0.15, -0.1) is 0 Å². The number of rotatable bonds is 3. The molecule has 0 spiro atoms. The van der Waals surface area contributed by atoms with E-state index in [2.05, 4.69) is 17.5 Å². The van der Waals surface area contributed by atoms with Crippen molar-refractivity contribution in [2.75, 3.05) is 13.1 Å². The molecule has 0 aliphatic heterocycles. The van der Waals surface area contributed by atoms with Gasteiger partial charge in [-0.3, -0.25) is 0 Å². The molecular formula is C8H16N2. The van der Waals surface area contributed by atoms with Crippen LogP contribution in [0.5, 0.6) is 0 Å². The number of hydrogen-bond acceptors (Lipinski definition) is 2. The molecule has 0 aromatic carbocycles. The fourth-order valence-electron chi connectivity index (χ4n) is 1.25. The molecule has 1 unspecified atom stereocenters. The SMILES string of the molecule is NCCNC1C=CCCC1. The summed E-state index contributed by atoms with van der Waals surface area (Å²) in [6.45, 7) is 1.68. The summed E-state index contributed by atoms with van der Waals surface area (Å²) in [5.74, 6) is 0. The second-order valence-electron chi connectivity index (χ2n) is 2.71. The first-order chi connectivity index (χ1) is 4.93. The normalized spacial score (nSPS) is 25.1. The average Bonchev–Trinajstić information content (AvgIpc) is 2.03. The van der Waals surface area contributed by atoms with E-state index in [0.29, 0.717) is 6.04 Å². The van der Waals surface area contributed by atoms with Crippen LogP contribution in [0.15, 0.2) is 12.2 Å². The molecule has 1 aliphatic rings. The lowest BCUT2D eigenvalue weighted by atomic mass is 10.0. The molecule has 0 saturated carbocycles. The zero-order valence-corrected chi connectivity index (χ0v) is 6.34. The molecule has 0 aromatic heterocycles. The van der Waals surface area contributed by atoms with Crippen LogP contribution in [0.4, 0.5) is 0 Å². The highest BCUT2D eigenvalue weighted by molar-refractivity contribution is 4.97. The van der Waals surface area contributed by atoms with E-state index in [9.17, 15) is 0 Å². The second-order valence-corrected chi connectivity index (χ2v) is 2.71. The van der Waals surface area contributed by atoms with Gasteiger partial charge in [-0.25, -0.2) is 0 Å². The molecule has 0 radical (unpaired) electrons. The number of nitrogens with one attached hydrogen (secondary N) is 1. The van der Waals surface area contributed by atoms with Gasteiger partial charge in [0.25, 0.3) is 0 Å². The minimum Gasteiger partial charge on any atom is -0.329 e. The van der Waals surface area contributed by atoms with Crippen molar-refractivity contribution in [1.82, 2.24) is 5.32 Å².